The summed E-state index contributed by atoms with van der Waals surface area (Å²) in [7, 11) is 0. The SMILES string of the molecule is CC(CO)CNC(=O)c1cccc(OCC(F)F)n1. The van der Waals surface area contributed by atoms with Gasteiger partial charge in [0.2, 0.25) is 5.88 Å². The minimum atomic E-state index is -2.59. The van der Waals surface area contributed by atoms with Crippen molar-refractivity contribution in [2.24, 2.45) is 5.92 Å². The average molecular weight is 274 g/mol. The van der Waals surface area contributed by atoms with Crippen molar-refractivity contribution in [2.45, 2.75) is 13.3 Å². The van der Waals surface area contributed by atoms with Gasteiger partial charge in [-0.1, -0.05) is 13.0 Å². The Balaban J connectivity index is 2.57. The van der Waals surface area contributed by atoms with Crippen molar-refractivity contribution in [3.05, 3.63) is 23.9 Å². The number of aliphatic hydroxyl groups excluding tert-OH is 1. The summed E-state index contributed by atoms with van der Waals surface area (Å²) in [4.78, 5) is 15.5. The summed E-state index contributed by atoms with van der Waals surface area (Å²) in [5, 5.41) is 11.4. The molecule has 0 saturated heterocycles. The van der Waals surface area contributed by atoms with Crippen LogP contribution in [0.2, 0.25) is 0 Å². The molecule has 1 atom stereocenters. The number of hydrogen-bond acceptors (Lipinski definition) is 4. The van der Waals surface area contributed by atoms with E-state index in [1.165, 1.54) is 18.2 Å². The summed E-state index contributed by atoms with van der Waals surface area (Å²) in [6, 6.07) is 4.35. The van der Waals surface area contributed by atoms with Gasteiger partial charge in [0.25, 0.3) is 12.3 Å². The Morgan fingerprint density at radius 1 is 1.53 bits per heavy atom. The Hall–Kier alpha value is -1.76. The van der Waals surface area contributed by atoms with Crippen LogP contribution in [0.5, 0.6) is 5.88 Å². The van der Waals surface area contributed by atoms with Crippen molar-refractivity contribution in [1.29, 1.82) is 0 Å². The molecule has 0 aliphatic heterocycles. The molecule has 5 nitrogen and oxygen atoms in total. The highest BCUT2D eigenvalue weighted by Crippen LogP contribution is 2.09. The third-order valence-corrected chi connectivity index (χ3v) is 2.24. The quantitative estimate of drug-likeness (QED) is 0.780. The second-order valence-electron chi connectivity index (χ2n) is 4.06. The van der Waals surface area contributed by atoms with E-state index in [0.717, 1.165) is 0 Å². The molecule has 0 spiro atoms. The number of carbonyl (C=O) groups excluding carboxylic acids is 1. The fourth-order valence-corrected chi connectivity index (χ4v) is 1.19. The third kappa shape index (κ3) is 5.60. The summed E-state index contributed by atoms with van der Waals surface area (Å²) in [5.41, 5.74) is 0.0805. The van der Waals surface area contributed by atoms with Crippen LogP contribution in [-0.4, -0.2) is 42.2 Å². The van der Waals surface area contributed by atoms with E-state index in [4.69, 9.17) is 9.84 Å². The molecule has 0 fully saturated rings. The van der Waals surface area contributed by atoms with Crippen LogP contribution in [0, 0.1) is 5.92 Å². The van der Waals surface area contributed by atoms with Gasteiger partial charge < -0.3 is 15.2 Å². The van der Waals surface area contributed by atoms with Crippen molar-refractivity contribution < 1.29 is 23.4 Å². The van der Waals surface area contributed by atoms with E-state index in [-0.39, 0.29) is 24.1 Å². The minimum Gasteiger partial charge on any atom is -0.472 e. The van der Waals surface area contributed by atoms with Gasteiger partial charge in [-0.2, -0.15) is 0 Å². The molecule has 106 valence electrons. The molecule has 0 saturated carbocycles. The van der Waals surface area contributed by atoms with Crippen molar-refractivity contribution in [3.63, 3.8) is 0 Å². The molecule has 1 rings (SSSR count). The van der Waals surface area contributed by atoms with Crippen LogP contribution in [0.15, 0.2) is 18.2 Å². The van der Waals surface area contributed by atoms with Gasteiger partial charge in [-0.15, -0.1) is 0 Å². The van der Waals surface area contributed by atoms with Crippen LogP contribution in [0.1, 0.15) is 17.4 Å². The number of hydrogen-bond donors (Lipinski definition) is 2. The molecule has 1 aromatic rings. The maximum absolute atomic E-state index is 12.0. The number of ether oxygens (including phenoxy) is 1. The van der Waals surface area contributed by atoms with Crippen LogP contribution >= 0.6 is 0 Å². The average Bonchev–Trinajstić information content (AvgIpc) is 2.42. The van der Waals surface area contributed by atoms with Gasteiger partial charge >= 0.3 is 0 Å². The molecule has 0 aromatic carbocycles. The van der Waals surface area contributed by atoms with Gasteiger partial charge in [0.05, 0.1) is 0 Å². The lowest BCUT2D eigenvalue weighted by Gasteiger charge is -2.10. The second kappa shape index (κ2) is 7.63. The predicted molar refractivity (Wildman–Crippen MR) is 64.3 cm³/mol. The van der Waals surface area contributed by atoms with Crippen LogP contribution in [0.3, 0.4) is 0 Å². The number of amides is 1. The number of alkyl halides is 2. The number of pyridine rings is 1. The Bertz CT molecular complexity index is 416. The van der Waals surface area contributed by atoms with Crippen molar-refractivity contribution in [1.82, 2.24) is 10.3 Å². The summed E-state index contributed by atoms with van der Waals surface area (Å²) in [6.07, 6.45) is -2.59. The van der Waals surface area contributed by atoms with E-state index >= 15 is 0 Å². The van der Waals surface area contributed by atoms with Crippen LogP contribution < -0.4 is 10.1 Å². The maximum Gasteiger partial charge on any atom is 0.272 e. The van der Waals surface area contributed by atoms with Crippen LogP contribution in [0.25, 0.3) is 0 Å². The van der Waals surface area contributed by atoms with Gasteiger partial charge in [0.1, 0.15) is 5.69 Å². The topological polar surface area (TPSA) is 71.5 Å². The normalized spacial score (nSPS) is 12.3. The molecule has 7 heteroatoms. The number of carbonyl (C=O) groups is 1. The van der Waals surface area contributed by atoms with Crippen molar-refractivity contribution in [2.75, 3.05) is 19.8 Å². The summed E-state index contributed by atoms with van der Waals surface area (Å²) in [5.74, 6) is -0.534. The number of aromatic nitrogens is 1. The van der Waals surface area contributed by atoms with Crippen molar-refractivity contribution in [3.8, 4) is 5.88 Å². The molecule has 1 unspecified atom stereocenters. The first-order chi connectivity index (χ1) is 9.02. The van der Waals surface area contributed by atoms with E-state index < -0.39 is 18.9 Å². The van der Waals surface area contributed by atoms with Crippen LogP contribution in [-0.2, 0) is 0 Å². The first-order valence-corrected chi connectivity index (χ1v) is 5.80. The van der Waals surface area contributed by atoms with Gasteiger partial charge in [0.15, 0.2) is 6.61 Å². The lowest BCUT2D eigenvalue weighted by Crippen LogP contribution is -2.30. The zero-order chi connectivity index (χ0) is 14.3. The minimum absolute atomic E-state index is 0.0249. The number of aliphatic hydroxyl groups is 1. The van der Waals surface area contributed by atoms with Gasteiger partial charge in [-0.05, 0) is 12.0 Å². The fourth-order valence-electron chi connectivity index (χ4n) is 1.19. The molecule has 0 bridgehead atoms. The standard InChI is InChI=1S/C12H16F2N2O3/c1-8(6-17)5-15-12(18)9-3-2-4-11(16-9)19-7-10(13)14/h2-4,8,10,17H,5-7H2,1H3,(H,15,18). The Labute approximate surface area is 109 Å². The van der Waals surface area contributed by atoms with Gasteiger partial charge in [-0.25, -0.2) is 13.8 Å². The molecule has 19 heavy (non-hydrogen) atoms. The Morgan fingerprint density at radius 2 is 2.26 bits per heavy atom. The molecule has 1 heterocycles. The van der Waals surface area contributed by atoms with E-state index in [2.05, 4.69) is 10.3 Å². The summed E-state index contributed by atoms with van der Waals surface area (Å²) < 4.78 is 28.7. The molecular weight excluding hydrogens is 258 g/mol. The van der Waals surface area contributed by atoms with E-state index in [1.54, 1.807) is 6.92 Å². The Kier molecular flexibility index (Phi) is 6.14. The zero-order valence-corrected chi connectivity index (χ0v) is 10.5. The highest BCUT2D eigenvalue weighted by atomic mass is 19.3. The molecular formula is C12H16F2N2O3. The third-order valence-electron chi connectivity index (χ3n) is 2.24. The largest absolute Gasteiger partial charge is 0.472 e. The first kappa shape index (κ1) is 15.3. The van der Waals surface area contributed by atoms with E-state index in [1.807, 2.05) is 0 Å². The number of nitrogens with one attached hydrogen (secondary N) is 1. The van der Waals surface area contributed by atoms with Crippen molar-refractivity contribution >= 4 is 5.91 Å². The smallest absolute Gasteiger partial charge is 0.272 e. The second-order valence-corrected chi connectivity index (χ2v) is 4.06. The van der Waals surface area contributed by atoms with Gasteiger partial charge in [-0.3, -0.25) is 4.79 Å². The summed E-state index contributed by atoms with van der Waals surface area (Å²) >= 11 is 0. The lowest BCUT2D eigenvalue weighted by molar-refractivity contribution is 0.0792. The molecule has 0 aliphatic rings. The zero-order valence-electron chi connectivity index (χ0n) is 10.5. The highest BCUT2D eigenvalue weighted by molar-refractivity contribution is 5.92. The predicted octanol–water partition coefficient (Wildman–Crippen LogP) is 1.08. The number of halogens is 2. The molecule has 1 amide bonds. The molecule has 1 aromatic heterocycles. The number of nitrogens with zero attached hydrogens (tertiary/aromatic N) is 1. The lowest BCUT2D eigenvalue weighted by atomic mass is 10.2. The monoisotopic (exact) mass is 274 g/mol. The molecule has 0 aliphatic carbocycles. The Morgan fingerprint density at radius 3 is 2.89 bits per heavy atom. The fraction of sp³-hybridized carbons (Fsp3) is 0.500. The summed E-state index contributed by atoms with van der Waals surface area (Å²) in [6.45, 7) is 1.28. The van der Waals surface area contributed by atoms with Gasteiger partial charge in [0, 0.05) is 19.2 Å². The maximum atomic E-state index is 12.0. The van der Waals surface area contributed by atoms with E-state index in [0.29, 0.717) is 6.54 Å². The van der Waals surface area contributed by atoms with Crippen LogP contribution in [0.4, 0.5) is 8.78 Å². The first-order valence-electron chi connectivity index (χ1n) is 5.80. The molecule has 0 radical (unpaired) electrons. The molecule has 2 N–H and O–H groups in total. The highest BCUT2D eigenvalue weighted by Gasteiger charge is 2.11. The van der Waals surface area contributed by atoms with E-state index in [9.17, 15) is 13.6 Å². The number of rotatable bonds is 7.